The first-order valence-electron chi connectivity index (χ1n) is 5.62. The molecule has 0 aliphatic heterocycles. The van der Waals surface area contributed by atoms with Crippen LogP contribution in [0.5, 0.6) is 0 Å². The van der Waals surface area contributed by atoms with Gasteiger partial charge in [-0.3, -0.25) is 0 Å². The number of benzene rings is 1. The van der Waals surface area contributed by atoms with Crippen molar-refractivity contribution in [3.05, 3.63) is 35.4 Å². The standard InChI is InChI=1S/C13H19NO/c1-10(15)7-11-3-2-4-12(8-11)9-13(14)5-6-13/h2-4,8,10,15H,5-7,9,14H2,1H3. The largest absolute Gasteiger partial charge is 0.393 e. The van der Waals surface area contributed by atoms with Crippen molar-refractivity contribution < 1.29 is 5.11 Å². The molecular formula is C13H19NO. The summed E-state index contributed by atoms with van der Waals surface area (Å²) in [6, 6.07) is 8.41. The molecular weight excluding hydrogens is 186 g/mol. The molecule has 1 aliphatic rings. The van der Waals surface area contributed by atoms with Crippen molar-refractivity contribution in [1.29, 1.82) is 0 Å². The van der Waals surface area contributed by atoms with Gasteiger partial charge in [-0.05, 0) is 43.7 Å². The molecule has 2 heteroatoms. The summed E-state index contributed by atoms with van der Waals surface area (Å²) in [5.41, 5.74) is 8.65. The Balaban J connectivity index is 2.05. The molecule has 3 N–H and O–H groups in total. The first kappa shape index (κ1) is 10.7. The molecule has 0 aromatic heterocycles. The van der Waals surface area contributed by atoms with Crippen molar-refractivity contribution >= 4 is 0 Å². The number of aliphatic hydroxyl groups is 1. The summed E-state index contributed by atoms with van der Waals surface area (Å²) in [6.07, 6.45) is 3.72. The van der Waals surface area contributed by atoms with E-state index in [0.717, 1.165) is 25.7 Å². The Morgan fingerprint density at radius 3 is 2.67 bits per heavy atom. The van der Waals surface area contributed by atoms with E-state index in [4.69, 9.17) is 5.73 Å². The number of nitrogens with two attached hydrogens (primary N) is 1. The molecule has 2 nitrogen and oxygen atoms in total. The minimum Gasteiger partial charge on any atom is -0.393 e. The van der Waals surface area contributed by atoms with Gasteiger partial charge in [0.25, 0.3) is 0 Å². The maximum Gasteiger partial charge on any atom is 0.0552 e. The summed E-state index contributed by atoms with van der Waals surface area (Å²) in [7, 11) is 0. The monoisotopic (exact) mass is 205 g/mol. The van der Waals surface area contributed by atoms with Crippen LogP contribution in [0.2, 0.25) is 0 Å². The summed E-state index contributed by atoms with van der Waals surface area (Å²) in [4.78, 5) is 0. The van der Waals surface area contributed by atoms with Crippen LogP contribution in [-0.4, -0.2) is 16.7 Å². The topological polar surface area (TPSA) is 46.2 Å². The van der Waals surface area contributed by atoms with Gasteiger partial charge in [-0.1, -0.05) is 24.3 Å². The van der Waals surface area contributed by atoms with E-state index < -0.39 is 0 Å². The molecule has 1 fully saturated rings. The lowest BCUT2D eigenvalue weighted by molar-refractivity contribution is 0.195. The Hall–Kier alpha value is -0.860. The Bertz CT molecular complexity index is 342. The summed E-state index contributed by atoms with van der Waals surface area (Å²) >= 11 is 0. The number of rotatable bonds is 4. The second-order valence-corrected chi connectivity index (χ2v) is 4.91. The van der Waals surface area contributed by atoms with Crippen LogP contribution in [0.25, 0.3) is 0 Å². The van der Waals surface area contributed by atoms with Crippen molar-refractivity contribution in [2.45, 2.75) is 44.2 Å². The summed E-state index contributed by atoms with van der Waals surface area (Å²) in [5, 5.41) is 9.32. The summed E-state index contributed by atoms with van der Waals surface area (Å²) < 4.78 is 0. The zero-order valence-corrected chi connectivity index (χ0v) is 9.24. The van der Waals surface area contributed by atoms with Crippen LogP contribution < -0.4 is 5.73 Å². The van der Waals surface area contributed by atoms with E-state index in [1.54, 1.807) is 0 Å². The van der Waals surface area contributed by atoms with Crippen molar-refractivity contribution in [3.63, 3.8) is 0 Å². The maximum atomic E-state index is 9.32. The fraction of sp³-hybridized carbons (Fsp3) is 0.538. The fourth-order valence-electron chi connectivity index (χ4n) is 1.95. The molecule has 1 saturated carbocycles. The minimum atomic E-state index is -0.270. The normalized spacial score (nSPS) is 19.9. The lowest BCUT2D eigenvalue weighted by atomic mass is 10.0. The van der Waals surface area contributed by atoms with E-state index in [1.165, 1.54) is 11.1 Å². The van der Waals surface area contributed by atoms with Crippen molar-refractivity contribution in [3.8, 4) is 0 Å². The molecule has 15 heavy (non-hydrogen) atoms. The maximum absolute atomic E-state index is 9.32. The third kappa shape index (κ3) is 3.05. The molecule has 1 aromatic carbocycles. The zero-order chi connectivity index (χ0) is 10.9. The Morgan fingerprint density at radius 2 is 2.07 bits per heavy atom. The van der Waals surface area contributed by atoms with Crippen molar-refractivity contribution in [2.75, 3.05) is 0 Å². The van der Waals surface area contributed by atoms with Crippen LogP contribution in [0.1, 0.15) is 30.9 Å². The van der Waals surface area contributed by atoms with Gasteiger partial charge in [-0.15, -0.1) is 0 Å². The van der Waals surface area contributed by atoms with E-state index in [1.807, 2.05) is 6.92 Å². The molecule has 1 aromatic rings. The van der Waals surface area contributed by atoms with Crippen molar-refractivity contribution in [2.24, 2.45) is 5.73 Å². The third-order valence-corrected chi connectivity index (χ3v) is 2.97. The molecule has 2 rings (SSSR count). The lowest BCUT2D eigenvalue weighted by Gasteiger charge is -2.10. The highest BCUT2D eigenvalue weighted by Gasteiger charge is 2.37. The molecule has 1 aliphatic carbocycles. The first-order valence-corrected chi connectivity index (χ1v) is 5.62. The number of hydrogen-bond donors (Lipinski definition) is 2. The van der Waals surface area contributed by atoms with Gasteiger partial charge in [0.05, 0.1) is 6.10 Å². The molecule has 82 valence electrons. The van der Waals surface area contributed by atoms with Crippen LogP contribution in [0.3, 0.4) is 0 Å². The molecule has 0 radical (unpaired) electrons. The van der Waals surface area contributed by atoms with Crippen molar-refractivity contribution in [1.82, 2.24) is 0 Å². The summed E-state index contributed by atoms with van der Waals surface area (Å²) in [5.74, 6) is 0. The third-order valence-electron chi connectivity index (χ3n) is 2.97. The highest BCUT2D eigenvalue weighted by atomic mass is 16.3. The van der Waals surface area contributed by atoms with E-state index in [-0.39, 0.29) is 11.6 Å². The van der Waals surface area contributed by atoms with E-state index in [2.05, 4.69) is 24.3 Å². The molecule has 0 amide bonds. The van der Waals surface area contributed by atoms with Gasteiger partial charge >= 0.3 is 0 Å². The van der Waals surface area contributed by atoms with Crippen LogP contribution in [-0.2, 0) is 12.8 Å². The van der Waals surface area contributed by atoms with Crippen LogP contribution in [0, 0.1) is 0 Å². The summed E-state index contributed by atoms with van der Waals surface area (Å²) in [6.45, 7) is 1.82. The van der Waals surface area contributed by atoms with Gasteiger partial charge in [0, 0.05) is 5.54 Å². The zero-order valence-electron chi connectivity index (χ0n) is 9.24. The van der Waals surface area contributed by atoms with Crippen LogP contribution >= 0.6 is 0 Å². The quantitative estimate of drug-likeness (QED) is 0.785. The van der Waals surface area contributed by atoms with E-state index in [0.29, 0.717) is 0 Å². The predicted octanol–water partition coefficient (Wildman–Crippen LogP) is 1.64. The molecule has 0 saturated heterocycles. The second kappa shape index (κ2) is 3.95. The van der Waals surface area contributed by atoms with E-state index in [9.17, 15) is 5.11 Å². The predicted molar refractivity (Wildman–Crippen MR) is 61.7 cm³/mol. The molecule has 0 heterocycles. The average molecular weight is 205 g/mol. The highest BCUT2D eigenvalue weighted by Crippen LogP contribution is 2.35. The van der Waals surface area contributed by atoms with Gasteiger partial charge in [-0.2, -0.15) is 0 Å². The average Bonchev–Trinajstić information content (AvgIpc) is 2.82. The smallest absolute Gasteiger partial charge is 0.0552 e. The highest BCUT2D eigenvalue weighted by molar-refractivity contribution is 5.27. The van der Waals surface area contributed by atoms with Gasteiger partial charge in [0.2, 0.25) is 0 Å². The Morgan fingerprint density at radius 1 is 1.40 bits per heavy atom. The van der Waals surface area contributed by atoms with Gasteiger partial charge in [0.15, 0.2) is 0 Å². The number of hydrogen-bond acceptors (Lipinski definition) is 2. The molecule has 0 bridgehead atoms. The van der Waals surface area contributed by atoms with Gasteiger partial charge in [-0.25, -0.2) is 0 Å². The molecule has 0 spiro atoms. The second-order valence-electron chi connectivity index (χ2n) is 4.91. The first-order chi connectivity index (χ1) is 7.07. The van der Waals surface area contributed by atoms with Gasteiger partial charge in [0.1, 0.15) is 0 Å². The van der Waals surface area contributed by atoms with Gasteiger partial charge < -0.3 is 10.8 Å². The van der Waals surface area contributed by atoms with E-state index >= 15 is 0 Å². The minimum absolute atomic E-state index is 0.0729. The lowest BCUT2D eigenvalue weighted by Crippen LogP contribution is -2.24. The number of aliphatic hydroxyl groups excluding tert-OH is 1. The molecule has 1 atom stereocenters. The SMILES string of the molecule is CC(O)Cc1cccc(CC2(N)CC2)c1. The van der Waals surface area contributed by atoms with Crippen LogP contribution in [0.15, 0.2) is 24.3 Å². The Kier molecular flexibility index (Phi) is 2.81. The fourth-order valence-corrected chi connectivity index (χ4v) is 1.95. The van der Waals surface area contributed by atoms with Crippen LogP contribution in [0.4, 0.5) is 0 Å². The Labute approximate surface area is 91.1 Å². The molecule has 1 unspecified atom stereocenters.